The Morgan fingerprint density at radius 1 is 1.18 bits per heavy atom. The van der Waals surface area contributed by atoms with Gasteiger partial charge in [0.25, 0.3) is 11.6 Å². The highest BCUT2D eigenvalue weighted by Gasteiger charge is 2.38. The zero-order valence-corrected chi connectivity index (χ0v) is 21.0. The van der Waals surface area contributed by atoms with E-state index in [0.29, 0.717) is 42.6 Å². The molecule has 0 atom stereocenters. The van der Waals surface area contributed by atoms with Crippen LogP contribution in [-0.4, -0.2) is 59.2 Å². The number of nitro benzene ring substituents is 1. The Kier molecular flexibility index (Phi) is 8.19. The number of fused-ring (bicyclic) bond motifs is 1. The van der Waals surface area contributed by atoms with Crippen LogP contribution in [0.15, 0.2) is 42.6 Å². The summed E-state index contributed by atoms with van der Waals surface area (Å²) in [4.78, 5) is 37.4. The number of ether oxygens (including phenoxy) is 1. The SMILES string of the molecule is COCCn1cc(C(=O)N2CCC(c3cc(CNC(=O)C(F)(F)F)ccc3F)CC2)c2c([N+](=O)[O-])cccc21. The largest absolute Gasteiger partial charge is 0.471 e. The van der Waals surface area contributed by atoms with E-state index in [2.05, 4.69) is 0 Å². The molecular weight excluding hydrogens is 524 g/mol. The van der Waals surface area contributed by atoms with Crippen molar-refractivity contribution in [2.45, 2.75) is 38.0 Å². The first-order valence-electron chi connectivity index (χ1n) is 12.2. The number of aromatic nitrogens is 1. The summed E-state index contributed by atoms with van der Waals surface area (Å²) >= 11 is 0. The van der Waals surface area contributed by atoms with Crippen LogP contribution < -0.4 is 5.32 Å². The molecule has 0 unspecified atom stereocenters. The van der Waals surface area contributed by atoms with Gasteiger partial charge in [0, 0.05) is 45.6 Å². The molecule has 4 rings (SSSR count). The quantitative estimate of drug-likeness (QED) is 0.252. The molecule has 0 spiro atoms. The number of amides is 2. The Labute approximate surface area is 220 Å². The topological polar surface area (TPSA) is 107 Å². The number of carbonyl (C=O) groups is 2. The Balaban J connectivity index is 1.51. The molecule has 3 aromatic rings. The van der Waals surface area contributed by atoms with Gasteiger partial charge in [-0.2, -0.15) is 13.2 Å². The summed E-state index contributed by atoms with van der Waals surface area (Å²) < 4.78 is 58.9. The van der Waals surface area contributed by atoms with Gasteiger partial charge in [-0.1, -0.05) is 18.2 Å². The monoisotopic (exact) mass is 550 g/mol. The standard InChI is InChI=1S/C26H26F4N4O5/c1-39-12-11-33-15-19(23-21(33)3-2-4-22(23)34(37)38)24(35)32-9-7-17(8-10-32)18-13-16(5-6-20(18)27)14-31-25(36)26(28,29)30/h2-6,13,15,17H,7-12,14H2,1H3,(H,31,36). The number of nitrogens with zero attached hydrogens (tertiary/aromatic N) is 3. The van der Waals surface area contributed by atoms with Gasteiger partial charge in [0.05, 0.1) is 28.0 Å². The summed E-state index contributed by atoms with van der Waals surface area (Å²) in [7, 11) is 1.53. The summed E-state index contributed by atoms with van der Waals surface area (Å²) in [5, 5.41) is 13.7. The minimum absolute atomic E-state index is 0.182. The van der Waals surface area contributed by atoms with Crippen molar-refractivity contribution in [2.24, 2.45) is 0 Å². The Morgan fingerprint density at radius 2 is 1.90 bits per heavy atom. The molecule has 39 heavy (non-hydrogen) atoms. The van der Waals surface area contributed by atoms with E-state index < -0.39 is 29.4 Å². The maximum atomic E-state index is 14.6. The fraction of sp³-hybridized carbons (Fsp3) is 0.385. The van der Waals surface area contributed by atoms with Crippen LogP contribution in [0.4, 0.5) is 23.2 Å². The summed E-state index contributed by atoms with van der Waals surface area (Å²) in [6.07, 6.45) is -2.67. The molecule has 1 aliphatic rings. The lowest BCUT2D eigenvalue weighted by atomic mass is 9.88. The highest BCUT2D eigenvalue weighted by atomic mass is 19.4. The normalized spacial score (nSPS) is 14.5. The van der Waals surface area contributed by atoms with Gasteiger partial charge in [-0.3, -0.25) is 19.7 Å². The van der Waals surface area contributed by atoms with Crippen LogP contribution in [0.3, 0.4) is 0 Å². The number of benzene rings is 2. The zero-order chi connectivity index (χ0) is 28.3. The van der Waals surface area contributed by atoms with Crippen molar-refractivity contribution in [3.8, 4) is 0 Å². The zero-order valence-electron chi connectivity index (χ0n) is 21.0. The molecule has 0 saturated carbocycles. The summed E-state index contributed by atoms with van der Waals surface area (Å²) in [6, 6.07) is 8.49. The third kappa shape index (κ3) is 6.03. The number of non-ortho nitro benzene ring substituents is 1. The molecule has 208 valence electrons. The number of hydrogen-bond acceptors (Lipinski definition) is 5. The van der Waals surface area contributed by atoms with E-state index in [1.165, 1.54) is 25.3 Å². The summed E-state index contributed by atoms with van der Waals surface area (Å²) in [6.45, 7) is 0.833. The molecule has 2 heterocycles. The number of alkyl halides is 3. The van der Waals surface area contributed by atoms with E-state index in [0.717, 1.165) is 6.07 Å². The number of halogens is 4. The molecule has 0 bridgehead atoms. The Bertz CT molecular complexity index is 1400. The second-order valence-electron chi connectivity index (χ2n) is 9.26. The van der Waals surface area contributed by atoms with Gasteiger partial charge in [-0.05, 0) is 42.0 Å². The lowest BCUT2D eigenvalue weighted by molar-refractivity contribution is -0.383. The molecule has 2 amide bonds. The van der Waals surface area contributed by atoms with E-state index in [4.69, 9.17) is 4.74 Å². The van der Waals surface area contributed by atoms with Gasteiger partial charge >= 0.3 is 12.1 Å². The molecule has 2 aromatic carbocycles. The number of rotatable bonds is 8. The molecule has 1 fully saturated rings. The van der Waals surface area contributed by atoms with Crippen molar-refractivity contribution in [1.82, 2.24) is 14.8 Å². The molecule has 1 N–H and O–H groups in total. The van der Waals surface area contributed by atoms with Crippen molar-refractivity contribution in [3.05, 3.63) is 75.2 Å². The van der Waals surface area contributed by atoms with Crippen LogP contribution in [0.25, 0.3) is 10.9 Å². The number of hydrogen-bond donors (Lipinski definition) is 1. The minimum atomic E-state index is -5.02. The van der Waals surface area contributed by atoms with Crippen LogP contribution in [-0.2, 0) is 22.6 Å². The van der Waals surface area contributed by atoms with Crippen molar-refractivity contribution in [3.63, 3.8) is 0 Å². The van der Waals surface area contributed by atoms with E-state index in [1.54, 1.807) is 33.1 Å². The van der Waals surface area contributed by atoms with E-state index in [-0.39, 0.29) is 41.6 Å². The molecular formula is C26H26F4N4O5. The third-order valence-electron chi connectivity index (χ3n) is 6.84. The number of carbonyl (C=O) groups excluding carboxylic acids is 2. The van der Waals surface area contributed by atoms with Gasteiger partial charge in [-0.25, -0.2) is 4.39 Å². The number of nitrogens with one attached hydrogen (secondary N) is 1. The molecule has 1 saturated heterocycles. The molecule has 0 radical (unpaired) electrons. The second kappa shape index (κ2) is 11.4. The molecule has 1 aromatic heterocycles. The average molecular weight is 551 g/mol. The second-order valence-corrected chi connectivity index (χ2v) is 9.26. The van der Waals surface area contributed by atoms with Gasteiger partial charge < -0.3 is 19.5 Å². The summed E-state index contributed by atoms with van der Waals surface area (Å²) in [5.74, 6) is -3.29. The minimum Gasteiger partial charge on any atom is -0.383 e. The summed E-state index contributed by atoms with van der Waals surface area (Å²) in [5.41, 5.74) is 1.17. The van der Waals surface area contributed by atoms with Gasteiger partial charge in [0.2, 0.25) is 0 Å². The van der Waals surface area contributed by atoms with Crippen molar-refractivity contribution in [2.75, 3.05) is 26.8 Å². The number of likely N-dealkylation sites (tertiary alicyclic amines) is 1. The maximum Gasteiger partial charge on any atom is 0.471 e. The molecule has 1 aliphatic heterocycles. The Hall–Kier alpha value is -4.00. The van der Waals surface area contributed by atoms with Crippen molar-refractivity contribution < 1.29 is 36.8 Å². The predicted molar refractivity (Wildman–Crippen MR) is 133 cm³/mol. The lowest BCUT2D eigenvalue weighted by Gasteiger charge is -2.32. The van der Waals surface area contributed by atoms with Crippen LogP contribution in [0.5, 0.6) is 0 Å². The first-order chi connectivity index (χ1) is 18.5. The number of piperidine rings is 1. The fourth-order valence-corrected chi connectivity index (χ4v) is 4.88. The van der Waals surface area contributed by atoms with Crippen molar-refractivity contribution in [1.29, 1.82) is 0 Å². The molecule has 0 aliphatic carbocycles. The molecule has 9 nitrogen and oxygen atoms in total. The number of nitro groups is 1. The predicted octanol–water partition coefficient (Wildman–Crippen LogP) is 4.53. The maximum absolute atomic E-state index is 14.6. The van der Waals surface area contributed by atoms with E-state index in [1.807, 2.05) is 0 Å². The first kappa shape index (κ1) is 28.0. The van der Waals surface area contributed by atoms with Crippen LogP contribution >= 0.6 is 0 Å². The van der Waals surface area contributed by atoms with Crippen LogP contribution in [0.2, 0.25) is 0 Å². The highest BCUT2D eigenvalue weighted by Crippen LogP contribution is 2.34. The average Bonchev–Trinajstić information content (AvgIpc) is 3.29. The van der Waals surface area contributed by atoms with Gasteiger partial charge in [0.15, 0.2) is 0 Å². The van der Waals surface area contributed by atoms with Gasteiger partial charge in [-0.15, -0.1) is 0 Å². The highest BCUT2D eigenvalue weighted by molar-refractivity contribution is 6.10. The molecule has 13 heteroatoms. The van der Waals surface area contributed by atoms with Crippen molar-refractivity contribution >= 4 is 28.4 Å². The smallest absolute Gasteiger partial charge is 0.383 e. The number of methoxy groups -OCH3 is 1. The van der Waals surface area contributed by atoms with Gasteiger partial charge in [0.1, 0.15) is 5.82 Å². The fourth-order valence-electron chi connectivity index (χ4n) is 4.88. The first-order valence-corrected chi connectivity index (χ1v) is 12.2. The lowest BCUT2D eigenvalue weighted by Crippen LogP contribution is -2.38. The van der Waals surface area contributed by atoms with E-state index >= 15 is 0 Å². The van der Waals surface area contributed by atoms with Crippen LogP contribution in [0, 0.1) is 15.9 Å². The van der Waals surface area contributed by atoms with E-state index in [9.17, 15) is 37.3 Å². The van der Waals surface area contributed by atoms with Crippen LogP contribution in [0.1, 0.15) is 40.2 Å². The third-order valence-corrected chi connectivity index (χ3v) is 6.84. The Morgan fingerprint density at radius 3 is 2.54 bits per heavy atom.